The second-order valence-electron chi connectivity index (χ2n) is 5.81. The summed E-state index contributed by atoms with van der Waals surface area (Å²) in [6.45, 7) is 4.35. The van der Waals surface area contributed by atoms with Crippen LogP contribution in [-0.4, -0.2) is 36.2 Å². The lowest BCUT2D eigenvalue weighted by atomic mass is 9.98. The quantitative estimate of drug-likeness (QED) is 0.671. The van der Waals surface area contributed by atoms with Gasteiger partial charge in [0.25, 0.3) is 0 Å². The predicted molar refractivity (Wildman–Crippen MR) is 103 cm³/mol. The summed E-state index contributed by atoms with van der Waals surface area (Å²) < 4.78 is 1.55. The van der Waals surface area contributed by atoms with Gasteiger partial charge in [-0.3, -0.25) is 4.90 Å². The molecule has 3 nitrogen and oxygen atoms in total. The molecule has 1 saturated heterocycles. The SMILES string of the molecule is Cl.Cl.Oc1c(Br)cc([C@@H](CC2CC2)N2CCNCC2)cc1Br. The zero-order valence-electron chi connectivity index (χ0n) is 12.2. The van der Waals surface area contributed by atoms with E-state index >= 15 is 0 Å². The van der Waals surface area contributed by atoms with E-state index in [1.807, 2.05) is 0 Å². The van der Waals surface area contributed by atoms with Crippen LogP contribution < -0.4 is 5.32 Å². The van der Waals surface area contributed by atoms with Gasteiger partial charge in [-0.15, -0.1) is 24.8 Å². The van der Waals surface area contributed by atoms with Crippen LogP contribution in [0.15, 0.2) is 21.1 Å². The van der Waals surface area contributed by atoms with Crippen LogP contribution in [0, 0.1) is 5.92 Å². The molecule has 126 valence electrons. The third-order valence-electron chi connectivity index (χ3n) is 4.27. The van der Waals surface area contributed by atoms with E-state index in [4.69, 9.17) is 0 Å². The van der Waals surface area contributed by atoms with Gasteiger partial charge in [-0.2, -0.15) is 0 Å². The molecular weight excluding hydrogens is 455 g/mol. The Labute approximate surface area is 161 Å². The number of rotatable bonds is 4. The molecule has 7 heteroatoms. The number of phenolic OH excluding ortho intramolecular Hbond substituents is 1. The van der Waals surface area contributed by atoms with Gasteiger partial charge in [-0.05, 0) is 61.9 Å². The third-order valence-corrected chi connectivity index (χ3v) is 5.48. The van der Waals surface area contributed by atoms with Crippen LogP contribution in [0.5, 0.6) is 5.75 Å². The van der Waals surface area contributed by atoms with Crippen LogP contribution in [-0.2, 0) is 0 Å². The number of hydrogen-bond donors (Lipinski definition) is 2. The van der Waals surface area contributed by atoms with Gasteiger partial charge in [0, 0.05) is 32.2 Å². The number of aromatic hydroxyl groups is 1. The monoisotopic (exact) mass is 474 g/mol. The molecule has 1 atom stereocenters. The molecule has 0 spiro atoms. The van der Waals surface area contributed by atoms with Crippen molar-refractivity contribution in [1.29, 1.82) is 0 Å². The van der Waals surface area contributed by atoms with E-state index in [0.29, 0.717) is 11.8 Å². The lowest BCUT2D eigenvalue weighted by Crippen LogP contribution is -2.45. The van der Waals surface area contributed by atoms with E-state index in [0.717, 1.165) is 41.0 Å². The number of nitrogens with one attached hydrogen (secondary N) is 1. The summed E-state index contributed by atoms with van der Waals surface area (Å²) >= 11 is 6.92. The zero-order valence-corrected chi connectivity index (χ0v) is 17.0. The number of halogens is 4. The van der Waals surface area contributed by atoms with Crippen molar-refractivity contribution in [1.82, 2.24) is 10.2 Å². The maximum Gasteiger partial charge on any atom is 0.143 e. The molecule has 2 aliphatic rings. The van der Waals surface area contributed by atoms with Gasteiger partial charge in [0.1, 0.15) is 5.75 Å². The third kappa shape index (κ3) is 4.99. The minimum Gasteiger partial charge on any atom is -0.506 e. The fraction of sp³-hybridized carbons (Fsp3) is 0.600. The summed E-state index contributed by atoms with van der Waals surface area (Å²) in [5.41, 5.74) is 1.30. The fourth-order valence-electron chi connectivity index (χ4n) is 2.94. The summed E-state index contributed by atoms with van der Waals surface area (Å²) in [6, 6.07) is 4.63. The standard InChI is InChI=1S/C15H20Br2N2O.2ClH/c16-12-8-11(9-13(17)15(12)20)14(7-10-1-2-10)19-5-3-18-4-6-19;;/h8-10,14,18,20H,1-7H2;2*1H/t14-;;/m1../s1. The van der Waals surface area contributed by atoms with Crippen molar-refractivity contribution >= 4 is 56.7 Å². The summed E-state index contributed by atoms with van der Waals surface area (Å²) in [6.07, 6.45) is 4.00. The molecule has 0 aromatic heterocycles. The summed E-state index contributed by atoms with van der Waals surface area (Å²) in [5, 5.41) is 13.3. The first-order valence-electron chi connectivity index (χ1n) is 7.28. The first-order valence-corrected chi connectivity index (χ1v) is 8.86. The average molecular weight is 477 g/mol. The Morgan fingerprint density at radius 3 is 2.18 bits per heavy atom. The molecule has 1 aromatic rings. The van der Waals surface area contributed by atoms with E-state index in [2.05, 4.69) is 54.2 Å². The highest BCUT2D eigenvalue weighted by Crippen LogP contribution is 2.43. The van der Waals surface area contributed by atoms with Crippen molar-refractivity contribution in [2.75, 3.05) is 26.2 Å². The molecule has 22 heavy (non-hydrogen) atoms. The second-order valence-corrected chi connectivity index (χ2v) is 7.52. The van der Waals surface area contributed by atoms with Crippen molar-refractivity contribution in [3.63, 3.8) is 0 Å². The first-order chi connectivity index (χ1) is 9.65. The predicted octanol–water partition coefficient (Wildman–Crippen LogP) is 4.51. The summed E-state index contributed by atoms with van der Waals surface area (Å²) in [7, 11) is 0. The highest BCUT2D eigenvalue weighted by molar-refractivity contribution is 9.11. The number of hydrogen-bond acceptors (Lipinski definition) is 3. The molecule has 0 unspecified atom stereocenters. The molecule has 1 saturated carbocycles. The molecule has 1 aromatic carbocycles. The van der Waals surface area contributed by atoms with Crippen molar-refractivity contribution in [3.05, 3.63) is 26.6 Å². The Bertz CT molecular complexity index is 471. The van der Waals surface area contributed by atoms with Gasteiger partial charge in [0.05, 0.1) is 8.95 Å². The molecule has 1 heterocycles. The van der Waals surface area contributed by atoms with E-state index in [-0.39, 0.29) is 24.8 Å². The highest BCUT2D eigenvalue weighted by atomic mass is 79.9. The topological polar surface area (TPSA) is 35.5 Å². The normalized spacial score (nSPS) is 19.9. The summed E-state index contributed by atoms with van der Waals surface area (Å²) in [5.74, 6) is 1.18. The van der Waals surface area contributed by atoms with Gasteiger partial charge in [0.15, 0.2) is 0 Å². The number of piperazine rings is 1. The lowest BCUT2D eigenvalue weighted by molar-refractivity contribution is 0.160. The Kier molecular flexibility index (Phi) is 8.48. The first kappa shape index (κ1) is 20.5. The Morgan fingerprint density at radius 1 is 1.14 bits per heavy atom. The molecule has 0 radical (unpaired) electrons. The van der Waals surface area contributed by atoms with Crippen LogP contribution in [0.1, 0.15) is 30.9 Å². The minimum absolute atomic E-state index is 0. The molecule has 0 bridgehead atoms. The lowest BCUT2D eigenvalue weighted by Gasteiger charge is -2.35. The van der Waals surface area contributed by atoms with Crippen molar-refractivity contribution in [3.8, 4) is 5.75 Å². The van der Waals surface area contributed by atoms with Gasteiger partial charge < -0.3 is 10.4 Å². The van der Waals surface area contributed by atoms with E-state index in [1.54, 1.807) is 0 Å². The van der Waals surface area contributed by atoms with Crippen molar-refractivity contribution in [2.24, 2.45) is 5.92 Å². The Balaban J connectivity index is 0.00000121. The Hall–Kier alpha value is 0.480. The van der Waals surface area contributed by atoms with Crippen LogP contribution >= 0.6 is 56.7 Å². The smallest absolute Gasteiger partial charge is 0.143 e. The van der Waals surface area contributed by atoms with E-state index < -0.39 is 0 Å². The number of benzene rings is 1. The molecule has 0 amide bonds. The van der Waals surface area contributed by atoms with Crippen LogP contribution in [0.4, 0.5) is 0 Å². The van der Waals surface area contributed by atoms with Crippen LogP contribution in [0.3, 0.4) is 0 Å². The maximum atomic E-state index is 9.90. The minimum atomic E-state index is 0. The Morgan fingerprint density at radius 2 is 1.68 bits per heavy atom. The van der Waals surface area contributed by atoms with Crippen molar-refractivity contribution < 1.29 is 5.11 Å². The van der Waals surface area contributed by atoms with Crippen molar-refractivity contribution in [2.45, 2.75) is 25.3 Å². The van der Waals surface area contributed by atoms with E-state index in [1.165, 1.54) is 24.8 Å². The number of phenols is 1. The maximum absolute atomic E-state index is 9.90. The van der Waals surface area contributed by atoms with Crippen LogP contribution in [0.2, 0.25) is 0 Å². The average Bonchev–Trinajstić information content (AvgIpc) is 3.27. The number of nitrogens with zero attached hydrogens (tertiary/aromatic N) is 1. The summed E-state index contributed by atoms with van der Waals surface area (Å²) in [4.78, 5) is 2.58. The zero-order chi connectivity index (χ0) is 14.1. The molecule has 1 aliphatic carbocycles. The molecule has 2 N–H and O–H groups in total. The van der Waals surface area contributed by atoms with Gasteiger partial charge in [-0.25, -0.2) is 0 Å². The van der Waals surface area contributed by atoms with Gasteiger partial charge in [0.2, 0.25) is 0 Å². The molecule has 1 aliphatic heterocycles. The fourth-order valence-corrected chi connectivity index (χ4v) is 4.16. The van der Waals surface area contributed by atoms with E-state index in [9.17, 15) is 5.11 Å². The largest absolute Gasteiger partial charge is 0.506 e. The van der Waals surface area contributed by atoms with Gasteiger partial charge in [-0.1, -0.05) is 12.8 Å². The second kappa shape index (κ2) is 9.09. The van der Waals surface area contributed by atoms with Crippen LogP contribution in [0.25, 0.3) is 0 Å². The molecular formula is C15H22Br2Cl2N2O. The van der Waals surface area contributed by atoms with Gasteiger partial charge >= 0.3 is 0 Å². The molecule has 3 rings (SSSR count). The highest BCUT2D eigenvalue weighted by Gasteiger charge is 2.31. The molecule has 2 fully saturated rings.